The molecule has 0 aliphatic heterocycles. The number of quaternary nitrogens is 1. The van der Waals surface area contributed by atoms with Crippen LogP contribution in [-0.4, -0.2) is 52.4 Å². The lowest BCUT2D eigenvalue weighted by molar-refractivity contribution is -0.875. The maximum atomic E-state index is 11.8. The highest BCUT2D eigenvalue weighted by atomic mass is 31.2. The number of hydrogen-bond donors (Lipinski definition) is 3. The minimum atomic E-state index is -4.57. The number of nitrogens with zero attached hydrogens (tertiary/aromatic N) is 1. The van der Waals surface area contributed by atoms with E-state index in [1.54, 1.807) is 0 Å². The lowest BCUT2D eigenvalue weighted by Crippen LogP contribution is -2.49. The van der Waals surface area contributed by atoms with Crippen LogP contribution in [0, 0.1) is 0 Å². The van der Waals surface area contributed by atoms with Gasteiger partial charge in [0.05, 0.1) is 21.1 Å². The van der Waals surface area contributed by atoms with Crippen molar-refractivity contribution in [3.63, 3.8) is 0 Å². The molecule has 0 bridgehead atoms. The van der Waals surface area contributed by atoms with Gasteiger partial charge in [0.15, 0.2) is 0 Å². The fourth-order valence-corrected chi connectivity index (χ4v) is 5.56. The smallest absolute Gasteiger partial charge is 0.362 e. The Morgan fingerprint density at radius 2 is 0.971 bits per heavy atom. The molecule has 0 spiro atoms. The molecule has 0 aliphatic carbocycles. The molecule has 0 aromatic rings. The molecule has 0 saturated carbocycles. The van der Waals surface area contributed by atoms with Crippen molar-refractivity contribution in [2.45, 2.75) is 134 Å². The standard InChI is InChI=1S/C29H58NO4P/c1-5-6-7-8-9-10-11-12-13-14-15-16-17-18-19-20-21-22-23-24-25-26-27-29(31,35(32,33)34)28-30(2,3)4/h17-18,23-24,31H,5-16,19-22,25-28H2,1-4H3,(H-,32,33,34)/p+1/b18-17-,24-23-. The Morgan fingerprint density at radius 3 is 1.34 bits per heavy atom. The van der Waals surface area contributed by atoms with Gasteiger partial charge in [-0.25, -0.2) is 0 Å². The van der Waals surface area contributed by atoms with Crippen LogP contribution in [0.3, 0.4) is 0 Å². The fourth-order valence-electron chi connectivity index (χ4n) is 4.50. The molecule has 0 fully saturated rings. The summed E-state index contributed by atoms with van der Waals surface area (Å²) in [6.07, 6.45) is 31.4. The number of hydrogen-bond acceptors (Lipinski definition) is 2. The van der Waals surface area contributed by atoms with Crippen molar-refractivity contribution < 1.29 is 23.9 Å². The monoisotopic (exact) mass is 516 g/mol. The van der Waals surface area contributed by atoms with Crippen molar-refractivity contribution in [3.8, 4) is 0 Å². The van der Waals surface area contributed by atoms with E-state index in [2.05, 4.69) is 31.2 Å². The summed E-state index contributed by atoms with van der Waals surface area (Å²) in [5, 5.41) is 8.59. The van der Waals surface area contributed by atoms with Crippen molar-refractivity contribution in [1.82, 2.24) is 0 Å². The van der Waals surface area contributed by atoms with Crippen molar-refractivity contribution in [3.05, 3.63) is 24.3 Å². The van der Waals surface area contributed by atoms with Gasteiger partial charge < -0.3 is 19.4 Å². The summed E-state index contributed by atoms with van der Waals surface area (Å²) in [6, 6.07) is 0. The van der Waals surface area contributed by atoms with Gasteiger partial charge in [-0.15, -0.1) is 0 Å². The second kappa shape index (κ2) is 20.6. The third-order valence-corrected chi connectivity index (χ3v) is 7.97. The van der Waals surface area contributed by atoms with Gasteiger partial charge in [-0.3, -0.25) is 4.57 Å². The van der Waals surface area contributed by atoms with Crippen LogP contribution >= 0.6 is 7.60 Å². The molecule has 0 heterocycles. The van der Waals surface area contributed by atoms with Crippen LogP contribution < -0.4 is 0 Å². The minimum Gasteiger partial charge on any atom is -0.373 e. The highest BCUT2D eigenvalue weighted by Crippen LogP contribution is 2.52. The van der Waals surface area contributed by atoms with Gasteiger partial charge >= 0.3 is 7.60 Å². The Labute approximate surface area is 217 Å². The van der Waals surface area contributed by atoms with Crippen molar-refractivity contribution in [2.24, 2.45) is 0 Å². The molecule has 0 aromatic carbocycles. The molecule has 0 saturated heterocycles. The first kappa shape index (κ1) is 34.6. The molecule has 3 N–H and O–H groups in total. The summed E-state index contributed by atoms with van der Waals surface area (Å²) < 4.78 is 12.1. The number of allylic oxidation sites excluding steroid dienone is 4. The summed E-state index contributed by atoms with van der Waals surface area (Å²) in [4.78, 5) is 19.2. The number of rotatable bonds is 24. The van der Waals surface area contributed by atoms with E-state index in [0.29, 0.717) is 10.9 Å². The van der Waals surface area contributed by atoms with E-state index in [1.165, 1.54) is 83.5 Å². The zero-order valence-electron chi connectivity index (χ0n) is 23.6. The molecule has 35 heavy (non-hydrogen) atoms. The number of aliphatic hydroxyl groups is 1. The molecule has 0 rings (SSSR count). The molecule has 0 aliphatic rings. The van der Waals surface area contributed by atoms with Gasteiger partial charge in [0.2, 0.25) is 5.34 Å². The van der Waals surface area contributed by atoms with Gasteiger partial charge in [-0.1, -0.05) is 95.4 Å². The Bertz CT molecular complexity index is 594. The Balaban J connectivity index is 3.62. The van der Waals surface area contributed by atoms with Crippen LogP contribution in [0.4, 0.5) is 0 Å². The first-order chi connectivity index (χ1) is 16.5. The summed E-state index contributed by atoms with van der Waals surface area (Å²) in [6.45, 7) is 2.31. The normalized spacial score (nSPS) is 14.8. The quantitative estimate of drug-likeness (QED) is 0.0524. The summed E-state index contributed by atoms with van der Waals surface area (Å²) in [7, 11) is 0.912. The Hall–Kier alpha value is -0.450. The lowest BCUT2D eigenvalue weighted by Gasteiger charge is -2.35. The van der Waals surface area contributed by atoms with E-state index in [4.69, 9.17) is 0 Å². The molecule has 208 valence electrons. The van der Waals surface area contributed by atoms with Gasteiger partial charge in [-0.2, -0.15) is 0 Å². The van der Waals surface area contributed by atoms with E-state index >= 15 is 0 Å². The topological polar surface area (TPSA) is 77.8 Å². The zero-order valence-corrected chi connectivity index (χ0v) is 24.5. The zero-order chi connectivity index (χ0) is 26.5. The first-order valence-corrected chi connectivity index (χ1v) is 16.0. The molecule has 6 heteroatoms. The van der Waals surface area contributed by atoms with Crippen LogP contribution in [-0.2, 0) is 4.57 Å². The minimum absolute atomic E-state index is 0.0355. The third kappa shape index (κ3) is 21.4. The van der Waals surface area contributed by atoms with Crippen LogP contribution in [0.2, 0.25) is 0 Å². The second-order valence-corrected chi connectivity index (χ2v) is 13.3. The molecule has 5 nitrogen and oxygen atoms in total. The van der Waals surface area contributed by atoms with Crippen LogP contribution in [0.5, 0.6) is 0 Å². The van der Waals surface area contributed by atoms with Crippen molar-refractivity contribution in [1.29, 1.82) is 0 Å². The maximum Gasteiger partial charge on any atom is 0.362 e. The van der Waals surface area contributed by atoms with Crippen molar-refractivity contribution >= 4 is 7.60 Å². The molecule has 0 amide bonds. The van der Waals surface area contributed by atoms with Crippen molar-refractivity contribution in [2.75, 3.05) is 27.7 Å². The van der Waals surface area contributed by atoms with Gasteiger partial charge in [0.25, 0.3) is 0 Å². The molecule has 1 unspecified atom stereocenters. The summed E-state index contributed by atoms with van der Waals surface area (Å²) >= 11 is 0. The largest absolute Gasteiger partial charge is 0.373 e. The Morgan fingerprint density at radius 1 is 0.629 bits per heavy atom. The predicted molar refractivity (Wildman–Crippen MR) is 152 cm³/mol. The maximum absolute atomic E-state index is 11.8. The van der Waals surface area contributed by atoms with E-state index < -0.39 is 12.9 Å². The molecule has 1 atom stereocenters. The third-order valence-electron chi connectivity index (χ3n) is 6.52. The second-order valence-electron chi connectivity index (χ2n) is 11.4. The van der Waals surface area contributed by atoms with E-state index in [1.807, 2.05) is 21.1 Å². The molecular weight excluding hydrogens is 457 g/mol. The highest BCUT2D eigenvalue weighted by Gasteiger charge is 2.48. The number of unbranched alkanes of at least 4 members (excludes halogenated alkanes) is 15. The molecule has 0 radical (unpaired) electrons. The highest BCUT2D eigenvalue weighted by molar-refractivity contribution is 7.53. The van der Waals surface area contributed by atoms with Gasteiger partial charge in [0.1, 0.15) is 6.54 Å². The van der Waals surface area contributed by atoms with Crippen LogP contribution in [0.1, 0.15) is 129 Å². The van der Waals surface area contributed by atoms with Crippen LogP contribution in [0.25, 0.3) is 0 Å². The molecular formula is C29H59NO4P+. The summed E-state index contributed by atoms with van der Waals surface area (Å²) in [5.74, 6) is 0. The fraction of sp³-hybridized carbons (Fsp3) is 0.862. The summed E-state index contributed by atoms with van der Waals surface area (Å²) in [5.41, 5.74) is 0. The van der Waals surface area contributed by atoms with E-state index in [-0.39, 0.29) is 13.0 Å². The average Bonchev–Trinajstić information content (AvgIpc) is 2.75. The SMILES string of the molecule is CCCCCCCCCCCCC/C=C\CCCC/C=C\CCCC(O)(C[N+](C)(C)C)P(=O)(O)O. The lowest BCUT2D eigenvalue weighted by atomic mass is 10.1. The van der Waals surface area contributed by atoms with E-state index in [9.17, 15) is 19.5 Å². The first-order valence-electron chi connectivity index (χ1n) is 14.4. The van der Waals surface area contributed by atoms with Crippen LogP contribution in [0.15, 0.2) is 24.3 Å². The average molecular weight is 517 g/mol. The van der Waals surface area contributed by atoms with Gasteiger partial charge in [0, 0.05) is 0 Å². The van der Waals surface area contributed by atoms with E-state index in [0.717, 1.165) is 25.7 Å². The number of likely N-dealkylation sites (N-methyl/N-ethyl adjacent to an activating group) is 1. The Kier molecular flexibility index (Phi) is 20.3. The molecule has 0 aromatic heterocycles. The predicted octanol–water partition coefficient (Wildman–Crippen LogP) is 8.10. The van der Waals surface area contributed by atoms with Gasteiger partial charge in [-0.05, 0) is 57.8 Å².